The summed E-state index contributed by atoms with van der Waals surface area (Å²) in [4.78, 5) is 11.0. The maximum atomic E-state index is 13.6. The van der Waals surface area contributed by atoms with Gasteiger partial charge in [0.15, 0.2) is 5.69 Å². The minimum atomic E-state index is -0.386. The molecule has 3 aromatic rings. The SMILES string of the molecule is COc1ccccc1C#Cc1nc2cc(F)ccc2nc1OCCOCCN(C)C. The van der Waals surface area contributed by atoms with E-state index in [1.54, 1.807) is 13.2 Å². The molecule has 0 bridgehead atoms. The predicted octanol–water partition coefficient (Wildman–Crippen LogP) is 3.13. The fraction of sp³-hybridized carbons (Fsp3) is 0.304. The van der Waals surface area contributed by atoms with Crippen molar-refractivity contribution in [3.8, 4) is 23.5 Å². The van der Waals surface area contributed by atoms with Gasteiger partial charge in [-0.1, -0.05) is 18.1 Å². The topological polar surface area (TPSA) is 56.7 Å². The zero-order valence-corrected chi connectivity index (χ0v) is 17.3. The molecular formula is C23H24FN3O3. The van der Waals surface area contributed by atoms with Gasteiger partial charge >= 0.3 is 0 Å². The minimum Gasteiger partial charge on any atom is -0.495 e. The Balaban J connectivity index is 1.83. The number of rotatable bonds is 8. The van der Waals surface area contributed by atoms with Crippen molar-refractivity contribution in [1.29, 1.82) is 0 Å². The summed E-state index contributed by atoms with van der Waals surface area (Å²) >= 11 is 0. The molecule has 0 aliphatic rings. The first-order valence-electron chi connectivity index (χ1n) is 9.54. The number of fused-ring (bicyclic) bond motifs is 1. The molecule has 0 spiro atoms. The van der Waals surface area contributed by atoms with E-state index in [0.717, 1.165) is 6.54 Å². The third kappa shape index (κ3) is 5.89. The van der Waals surface area contributed by atoms with Gasteiger partial charge in [-0.25, -0.2) is 14.4 Å². The normalized spacial score (nSPS) is 10.7. The van der Waals surface area contributed by atoms with Crippen LogP contribution in [0.4, 0.5) is 4.39 Å². The lowest BCUT2D eigenvalue weighted by Crippen LogP contribution is -2.19. The van der Waals surface area contributed by atoms with Crippen LogP contribution < -0.4 is 9.47 Å². The first kappa shape index (κ1) is 21.5. The first-order valence-corrected chi connectivity index (χ1v) is 9.54. The highest BCUT2D eigenvalue weighted by Crippen LogP contribution is 2.20. The molecule has 7 heteroatoms. The third-order valence-electron chi connectivity index (χ3n) is 4.17. The molecule has 0 radical (unpaired) electrons. The summed E-state index contributed by atoms with van der Waals surface area (Å²) in [6, 6.07) is 11.6. The van der Waals surface area contributed by atoms with Gasteiger partial charge in [-0.2, -0.15) is 0 Å². The number of halogens is 1. The van der Waals surface area contributed by atoms with Crippen molar-refractivity contribution < 1.29 is 18.6 Å². The van der Waals surface area contributed by atoms with Crippen molar-refractivity contribution in [3.63, 3.8) is 0 Å². The molecule has 3 rings (SSSR count). The van der Waals surface area contributed by atoms with Crippen LogP contribution in [0, 0.1) is 17.7 Å². The number of hydrogen-bond acceptors (Lipinski definition) is 6. The summed E-state index contributed by atoms with van der Waals surface area (Å²) in [5.74, 6) is 6.57. The number of aromatic nitrogens is 2. The second-order valence-corrected chi connectivity index (χ2v) is 6.72. The lowest BCUT2D eigenvalue weighted by Gasteiger charge is -2.11. The van der Waals surface area contributed by atoms with E-state index >= 15 is 0 Å². The van der Waals surface area contributed by atoms with Crippen LogP contribution in [0.15, 0.2) is 42.5 Å². The van der Waals surface area contributed by atoms with Crippen LogP contribution in [-0.2, 0) is 4.74 Å². The van der Waals surface area contributed by atoms with Crippen LogP contribution in [0.25, 0.3) is 11.0 Å². The highest BCUT2D eigenvalue weighted by molar-refractivity contribution is 5.75. The predicted molar refractivity (Wildman–Crippen MR) is 113 cm³/mol. The highest BCUT2D eigenvalue weighted by Gasteiger charge is 2.10. The fourth-order valence-electron chi connectivity index (χ4n) is 2.61. The molecule has 0 saturated carbocycles. The Hall–Kier alpha value is -3.21. The van der Waals surface area contributed by atoms with Crippen LogP contribution in [0.1, 0.15) is 11.3 Å². The van der Waals surface area contributed by atoms with Gasteiger partial charge in [0.05, 0.1) is 36.9 Å². The highest BCUT2D eigenvalue weighted by atomic mass is 19.1. The fourth-order valence-corrected chi connectivity index (χ4v) is 2.61. The monoisotopic (exact) mass is 409 g/mol. The zero-order chi connectivity index (χ0) is 21.3. The number of benzene rings is 2. The Morgan fingerprint density at radius 1 is 0.967 bits per heavy atom. The maximum absolute atomic E-state index is 13.6. The summed E-state index contributed by atoms with van der Waals surface area (Å²) in [5.41, 5.74) is 1.98. The van der Waals surface area contributed by atoms with E-state index in [1.807, 2.05) is 43.3 Å². The lowest BCUT2D eigenvalue weighted by atomic mass is 10.2. The molecule has 0 unspecified atom stereocenters. The summed E-state index contributed by atoms with van der Waals surface area (Å²) in [6.45, 7) is 2.16. The van der Waals surface area contributed by atoms with Gasteiger partial charge in [0.1, 0.15) is 18.2 Å². The first-order chi connectivity index (χ1) is 14.6. The average molecular weight is 409 g/mol. The molecule has 0 amide bonds. The Morgan fingerprint density at radius 3 is 2.60 bits per heavy atom. The van der Waals surface area contributed by atoms with Gasteiger partial charge in [-0.05, 0) is 44.3 Å². The molecule has 1 heterocycles. The number of para-hydroxylation sites is 1. The summed E-state index contributed by atoms with van der Waals surface area (Å²) < 4.78 is 30.3. The number of hydrogen-bond donors (Lipinski definition) is 0. The smallest absolute Gasteiger partial charge is 0.249 e. The Bertz CT molecular complexity index is 1060. The molecule has 0 fully saturated rings. The number of likely N-dealkylation sites (N-methyl/N-ethyl adjacent to an activating group) is 1. The second kappa shape index (κ2) is 10.5. The Morgan fingerprint density at radius 2 is 1.80 bits per heavy atom. The number of ether oxygens (including phenoxy) is 3. The molecule has 6 nitrogen and oxygen atoms in total. The zero-order valence-electron chi connectivity index (χ0n) is 17.3. The molecule has 0 atom stereocenters. The summed E-state index contributed by atoms with van der Waals surface area (Å²) in [7, 11) is 5.56. The van der Waals surface area contributed by atoms with E-state index in [-0.39, 0.29) is 11.7 Å². The largest absolute Gasteiger partial charge is 0.495 e. The van der Waals surface area contributed by atoms with Crippen LogP contribution in [-0.4, -0.2) is 62.4 Å². The molecule has 0 aliphatic carbocycles. The number of nitrogens with zero attached hydrogens (tertiary/aromatic N) is 3. The van der Waals surface area contributed by atoms with E-state index in [2.05, 4.69) is 21.8 Å². The van der Waals surface area contributed by atoms with Crippen molar-refractivity contribution in [2.45, 2.75) is 0 Å². The van der Waals surface area contributed by atoms with Gasteiger partial charge in [0.2, 0.25) is 5.88 Å². The van der Waals surface area contributed by atoms with Gasteiger partial charge in [-0.15, -0.1) is 0 Å². The van der Waals surface area contributed by atoms with Crippen LogP contribution in [0.3, 0.4) is 0 Å². The summed E-state index contributed by atoms with van der Waals surface area (Å²) in [5, 5.41) is 0. The molecule has 0 saturated heterocycles. The van der Waals surface area contributed by atoms with Crippen molar-refractivity contribution in [3.05, 3.63) is 59.5 Å². The Labute approximate surface area is 175 Å². The average Bonchev–Trinajstić information content (AvgIpc) is 2.74. The van der Waals surface area contributed by atoms with Gasteiger partial charge in [-0.3, -0.25) is 0 Å². The standard InChI is InChI=1S/C23H24FN3O3/c1-27(2)12-13-29-14-15-30-23-20(10-8-17-6-4-5-7-22(17)28-3)25-21-16-18(24)9-11-19(21)26-23/h4-7,9,11,16H,12-15H2,1-3H3. The second-order valence-electron chi connectivity index (χ2n) is 6.72. The summed E-state index contributed by atoms with van der Waals surface area (Å²) in [6.07, 6.45) is 0. The van der Waals surface area contributed by atoms with Crippen molar-refractivity contribution >= 4 is 11.0 Å². The minimum absolute atomic E-state index is 0.285. The lowest BCUT2D eigenvalue weighted by molar-refractivity contribution is 0.0875. The van der Waals surface area contributed by atoms with Crippen molar-refractivity contribution in [2.75, 3.05) is 47.6 Å². The quantitative estimate of drug-likeness (QED) is 0.421. The van der Waals surface area contributed by atoms with Gasteiger partial charge < -0.3 is 19.1 Å². The Kier molecular flexibility index (Phi) is 7.55. The molecule has 0 aliphatic heterocycles. The van der Waals surface area contributed by atoms with E-state index < -0.39 is 0 Å². The third-order valence-corrected chi connectivity index (χ3v) is 4.17. The van der Waals surface area contributed by atoms with Gasteiger partial charge in [0.25, 0.3) is 0 Å². The molecule has 1 aromatic heterocycles. The molecule has 30 heavy (non-hydrogen) atoms. The van der Waals surface area contributed by atoms with Crippen LogP contribution in [0.5, 0.6) is 11.6 Å². The van der Waals surface area contributed by atoms with E-state index in [0.29, 0.717) is 47.9 Å². The van der Waals surface area contributed by atoms with E-state index in [4.69, 9.17) is 14.2 Å². The van der Waals surface area contributed by atoms with E-state index in [1.165, 1.54) is 12.1 Å². The molecule has 156 valence electrons. The van der Waals surface area contributed by atoms with E-state index in [9.17, 15) is 4.39 Å². The molecule has 2 aromatic carbocycles. The van der Waals surface area contributed by atoms with Crippen LogP contribution >= 0.6 is 0 Å². The molecular weight excluding hydrogens is 385 g/mol. The van der Waals surface area contributed by atoms with Crippen molar-refractivity contribution in [2.24, 2.45) is 0 Å². The van der Waals surface area contributed by atoms with Gasteiger partial charge in [0, 0.05) is 12.6 Å². The number of methoxy groups -OCH3 is 1. The molecule has 0 N–H and O–H groups in total. The van der Waals surface area contributed by atoms with Crippen LogP contribution in [0.2, 0.25) is 0 Å². The van der Waals surface area contributed by atoms with Crippen molar-refractivity contribution in [1.82, 2.24) is 14.9 Å². The maximum Gasteiger partial charge on any atom is 0.249 e.